The van der Waals surface area contributed by atoms with E-state index in [-0.39, 0.29) is 17.5 Å². The molecule has 1 rings (SSSR count). The lowest BCUT2D eigenvalue weighted by atomic mass is 10.0. The standard InChI is InChI=1S/C14H22N2O2/c1-10(2)5-6-11(3)15-14(18)12-7-8-13(17)16(4)9-12/h7-11H,5-6H2,1-4H3,(H,15,18)/t11-/m0/s1. The van der Waals surface area contributed by atoms with Crippen molar-refractivity contribution in [3.8, 4) is 0 Å². The minimum absolute atomic E-state index is 0.112. The van der Waals surface area contributed by atoms with Gasteiger partial charge in [0.15, 0.2) is 0 Å². The van der Waals surface area contributed by atoms with E-state index in [4.69, 9.17) is 0 Å². The number of nitrogens with zero attached hydrogens (tertiary/aromatic N) is 1. The van der Waals surface area contributed by atoms with Gasteiger partial charge >= 0.3 is 0 Å². The minimum Gasteiger partial charge on any atom is -0.350 e. The van der Waals surface area contributed by atoms with Crippen LogP contribution in [0, 0.1) is 5.92 Å². The van der Waals surface area contributed by atoms with Crippen molar-refractivity contribution in [2.75, 3.05) is 0 Å². The zero-order valence-corrected chi connectivity index (χ0v) is 11.6. The summed E-state index contributed by atoms with van der Waals surface area (Å²) >= 11 is 0. The minimum atomic E-state index is -0.123. The summed E-state index contributed by atoms with van der Waals surface area (Å²) in [6, 6.07) is 3.12. The Morgan fingerprint density at radius 3 is 2.50 bits per heavy atom. The maximum atomic E-state index is 11.9. The fourth-order valence-corrected chi connectivity index (χ4v) is 1.69. The maximum Gasteiger partial charge on any atom is 0.252 e. The van der Waals surface area contributed by atoms with E-state index in [1.807, 2.05) is 6.92 Å². The number of carbonyl (C=O) groups is 1. The first-order chi connectivity index (χ1) is 8.40. The van der Waals surface area contributed by atoms with Gasteiger partial charge in [-0.1, -0.05) is 13.8 Å². The zero-order valence-electron chi connectivity index (χ0n) is 11.6. The quantitative estimate of drug-likeness (QED) is 0.868. The fourth-order valence-electron chi connectivity index (χ4n) is 1.69. The third kappa shape index (κ3) is 4.35. The summed E-state index contributed by atoms with van der Waals surface area (Å²) in [5, 5.41) is 2.94. The largest absolute Gasteiger partial charge is 0.350 e. The summed E-state index contributed by atoms with van der Waals surface area (Å²) in [4.78, 5) is 23.2. The van der Waals surface area contributed by atoms with Gasteiger partial charge in [-0.3, -0.25) is 9.59 Å². The molecule has 100 valence electrons. The molecule has 4 nitrogen and oxygen atoms in total. The summed E-state index contributed by atoms with van der Waals surface area (Å²) < 4.78 is 1.41. The van der Waals surface area contributed by atoms with Crippen molar-refractivity contribution >= 4 is 5.91 Å². The molecule has 0 aliphatic rings. The topological polar surface area (TPSA) is 51.1 Å². The molecule has 0 aromatic carbocycles. The summed E-state index contributed by atoms with van der Waals surface area (Å²) in [5.74, 6) is 0.517. The summed E-state index contributed by atoms with van der Waals surface area (Å²) in [6.07, 6.45) is 3.62. The van der Waals surface area contributed by atoms with Crippen LogP contribution in [0.5, 0.6) is 0 Å². The number of nitrogens with one attached hydrogen (secondary N) is 1. The summed E-state index contributed by atoms with van der Waals surface area (Å²) in [7, 11) is 1.64. The van der Waals surface area contributed by atoms with Crippen LogP contribution in [0.4, 0.5) is 0 Å². The van der Waals surface area contributed by atoms with Crippen molar-refractivity contribution in [2.45, 2.75) is 39.7 Å². The van der Waals surface area contributed by atoms with E-state index in [2.05, 4.69) is 19.2 Å². The molecule has 0 aliphatic carbocycles. The molecule has 0 aliphatic heterocycles. The average molecular weight is 250 g/mol. The molecule has 0 spiro atoms. The van der Waals surface area contributed by atoms with E-state index in [0.717, 1.165) is 12.8 Å². The third-order valence-corrected chi connectivity index (χ3v) is 2.90. The Labute approximate surface area is 108 Å². The average Bonchev–Trinajstić information content (AvgIpc) is 2.30. The Bertz CT molecular complexity index is 463. The predicted molar refractivity (Wildman–Crippen MR) is 72.7 cm³/mol. The molecular formula is C14H22N2O2. The first kappa shape index (κ1) is 14.5. The number of carbonyl (C=O) groups excluding carboxylic acids is 1. The highest BCUT2D eigenvalue weighted by molar-refractivity contribution is 5.94. The highest BCUT2D eigenvalue weighted by atomic mass is 16.2. The Hall–Kier alpha value is -1.58. The number of rotatable bonds is 5. The molecule has 1 amide bonds. The third-order valence-electron chi connectivity index (χ3n) is 2.90. The summed E-state index contributed by atoms with van der Waals surface area (Å²) in [6.45, 7) is 6.34. The van der Waals surface area contributed by atoms with Gasteiger partial charge < -0.3 is 9.88 Å². The predicted octanol–water partition coefficient (Wildman–Crippen LogP) is 1.94. The van der Waals surface area contributed by atoms with Gasteiger partial charge in [-0.25, -0.2) is 0 Å². The highest BCUT2D eigenvalue weighted by Gasteiger charge is 2.10. The second-order valence-corrected chi connectivity index (χ2v) is 5.21. The molecule has 0 saturated heterocycles. The number of aromatic nitrogens is 1. The van der Waals surface area contributed by atoms with E-state index in [1.165, 1.54) is 10.6 Å². The van der Waals surface area contributed by atoms with Crippen LogP contribution >= 0.6 is 0 Å². The molecule has 0 saturated carbocycles. The molecule has 0 fully saturated rings. The van der Waals surface area contributed by atoms with Crippen LogP contribution in [-0.4, -0.2) is 16.5 Å². The lowest BCUT2D eigenvalue weighted by Gasteiger charge is -2.15. The summed E-state index contributed by atoms with van der Waals surface area (Å²) in [5.41, 5.74) is 0.410. The van der Waals surface area contributed by atoms with Gasteiger partial charge in [0.2, 0.25) is 5.56 Å². The van der Waals surface area contributed by atoms with Crippen molar-refractivity contribution in [2.24, 2.45) is 13.0 Å². The molecule has 18 heavy (non-hydrogen) atoms. The Balaban J connectivity index is 2.59. The van der Waals surface area contributed by atoms with Gasteiger partial charge in [-0.2, -0.15) is 0 Å². The molecule has 0 bridgehead atoms. The second-order valence-electron chi connectivity index (χ2n) is 5.21. The van der Waals surface area contributed by atoms with Gasteiger partial charge in [-0.15, -0.1) is 0 Å². The Morgan fingerprint density at radius 1 is 1.28 bits per heavy atom. The van der Waals surface area contributed by atoms with E-state index >= 15 is 0 Å². The Kier molecular flexibility index (Phi) is 5.13. The van der Waals surface area contributed by atoms with Gasteiger partial charge in [0.1, 0.15) is 0 Å². The van der Waals surface area contributed by atoms with E-state index in [1.54, 1.807) is 19.3 Å². The van der Waals surface area contributed by atoms with Crippen molar-refractivity contribution in [1.29, 1.82) is 0 Å². The van der Waals surface area contributed by atoms with Crippen molar-refractivity contribution in [3.63, 3.8) is 0 Å². The van der Waals surface area contributed by atoms with Crippen LogP contribution in [0.3, 0.4) is 0 Å². The zero-order chi connectivity index (χ0) is 13.7. The number of hydrogen-bond donors (Lipinski definition) is 1. The molecule has 1 heterocycles. The van der Waals surface area contributed by atoms with Crippen LogP contribution in [0.15, 0.2) is 23.1 Å². The van der Waals surface area contributed by atoms with E-state index in [0.29, 0.717) is 11.5 Å². The van der Waals surface area contributed by atoms with Crippen LogP contribution in [0.1, 0.15) is 44.0 Å². The molecule has 0 unspecified atom stereocenters. The molecule has 1 aromatic rings. The lowest BCUT2D eigenvalue weighted by molar-refractivity contribution is 0.0936. The number of amides is 1. The van der Waals surface area contributed by atoms with Crippen molar-refractivity contribution in [1.82, 2.24) is 9.88 Å². The van der Waals surface area contributed by atoms with Gasteiger partial charge in [0, 0.05) is 25.4 Å². The first-order valence-electron chi connectivity index (χ1n) is 6.37. The molecule has 1 aromatic heterocycles. The van der Waals surface area contributed by atoms with Crippen LogP contribution < -0.4 is 10.9 Å². The molecule has 1 atom stereocenters. The smallest absolute Gasteiger partial charge is 0.252 e. The molecular weight excluding hydrogens is 228 g/mol. The normalized spacial score (nSPS) is 12.5. The van der Waals surface area contributed by atoms with Gasteiger partial charge in [0.25, 0.3) is 5.91 Å². The number of pyridine rings is 1. The first-order valence-corrected chi connectivity index (χ1v) is 6.37. The van der Waals surface area contributed by atoms with Gasteiger partial charge in [-0.05, 0) is 31.7 Å². The monoisotopic (exact) mass is 250 g/mol. The molecule has 4 heteroatoms. The Morgan fingerprint density at radius 2 is 1.94 bits per heavy atom. The van der Waals surface area contributed by atoms with Crippen LogP contribution in [0.25, 0.3) is 0 Å². The van der Waals surface area contributed by atoms with Crippen LogP contribution in [-0.2, 0) is 7.05 Å². The maximum absolute atomic E-state index is 11.9. The van der Waals surface area contributed by atoms with Gasteiger partial charge in [0.05, 0.1) is 5.56 Å². The molecule has 0 radical (unpaired) electrons. The van der Waals surface area contributed by atoms with E-state index in [9.17, 15) is 9.59 Å². The second kappa shape index (κ2) is 6.38. The highest BCUT2D eigenvalue weighted by Crippen LogP contribution is 2.07. The lowest BCUT2D eigenvalue weighted by Crippen LogP contribution is -2.33. The van der Waals surface area contributed by atoms with E-state index < -0.39 is 0 Å². The number of hydrogen-bond acceptors (Lipinski definition) is 2. The number of aryl methyl sites for hydroxylation is 1. The molecule has 1 N–H and O–H groups in total. The van der Waals surface area contributed by atoms with Crippen molar-refractivity contribution < 1.29 is 4.79 Å². The fraction of sp³-hybridized carbons (Fsp3) is 0.571. The SMILES string of the molecule is CC(C)CC[C@H](C)NC(=O)c1ccc(=O)n(C)c1. The van der Waals surface area contributed by atoms with Crippen molar-refractivity contribution in [3.05, 3.63) is 34.2 Å². The van der Waals surface area contributed by atoms with Crippen LogP contribution in [0.2, 0.25) is 0 Å².